The predicted molar refractivity (Wildman–Crippen MR) is 92.7 cm³/mol. The van der Waals surface area contributed by atoms with E-state index >= 15 is 0 Å². The van der Waals surface area contributed by atoms with Crippen molar-refractivity contribution in [2.75, 3.05) is 30.4 Å². The zero-order chi connectivity index (χ0) is 15.8. The molecular formula is C17H22N2O2S. The van der Waals surface area contributed by atoms with Crippen molar-refractivity contribution in [1.82, 2.24) is 0 Å². The first-order valence-corrected chi connectivity index (χ1v) is 8.31. The highest BCUT2D eigenvalue weighted by atomic mass is 32.1. The van der Waals surface area contributed by atoms with Gasteiger partial charge >= 0.3 is 0 Å². The number of amides is 1. The van der Waals surface area contributed by atoms with E-state index in [1.807, 2.05) is 42.3 Å². The van der Waals surface area contributed by atoms with Gasteiger partial charge in [0.05, 0.1) is 6.61 Å². The maximum absolute atomic E-state index is 11.9. The zero-order valence-electron chi connectivity index (χ0n) is 12.8. The molecule has 1 heterocycles. The van der Waals surface area contributed by atoms with Gasteiger partial charge in [-0.15, -0.1) is 11.3 Å². The van der Waals surface area contributed by atoms with E-state index in [0.29, 0.717) is 13.0 Å². The number of likely N-dealkylation sites (N-methyl/N-ethyl adjacent to an activating group) is 1. The largest absolute Gasteiger partial charge is 0.395 e. The van der Waals surface area contributed by atoms with Crippen LogP contribution < -0.4 is 10.2 Å². The Bertz CT molecular complexity index is 567. The van der Waals surface area contributed by atoms with Crippen LogP contribution in [-0.2, 0) is 11.2 Å². The Kier molecular flexibility index (Phi) is 6.43. The van der Waals surface area contributed by atoms with Gasteiger partial charge in [-0.25, -0.2) is 0 Å². The van der Waals surface area contributed by atoms with E-state index in [4.69, 9.17) is 5.11 Å². The van der Waals surface area contributed by atoms with Crippen molar-refractivity contribution in [3.05, 3.63) is 46.7 Å². The fourth-order valence-electron chi connectivity index (χ4n) is 2.18. The number of benzene rings is 1. The van der Waals surface area contributed by atoms with Crippen LogP contribution in [-0.4, -0.2) is 31.2 Å². The molecule has 2 aromatic rings. The maximum Gasteiger partial charge on any atom is 0.224 e. The standard InChI is InChI=1S/C17H22N2O2S/c1-19(11-12-20)15-9-7-14(8-10-15)18-17(21)6-2-4-16-5-3-13-22-16/h3,5,7-10,13,20H,2,4,6,11-12H2,1H3,(H,18,21). The number of nitrogens with zero attached hydrogens (tertiary/aromatic N) is 1. The Balaban J connectivity index is 1.76. The van der Waals surface area contributed by atoms with Gasteiger partial charge in [-0.2, -0.15) is 0 Å². The molecule has 118 valence electrons. The highest BCUT2D eigenvalue weighted by molar-refractivity contribution is 7.09. The molecule has 2 rings (SSSR count). The summed E-state index contributed by atoms with van der Waals surface area (Å²) in [6.45, 7) is 0.716. The summed E-state index contributed by atoms with van der Waals surface area (Å²) in [5.41, 5.74) is 1.83. The summed E-state index contributed by atoms with van der Waals surface area (Å²) in [7, 11) is 1.92. The summed E-state index contributed by atoms with van der Waals surface area (Å²) in [5, 5.41) is 13.9. The van der Waals surface area contributed by atoms with Gasteiger partial charge in [0.25, 0.3) is 0 Å². The normalized spacial score (nSPS) is 10.5. The van der Waals surface area contributed by atoms with Gasteiger partial charge in [-0.1, -0.05) is 6.07 Å². The number of rotatable bonds is 8. The lowest BCUT2D eigenvalue weighted by Gasteiger charge is -2.18. The molecule has 2 N–H and O–H groups in total. The number of nitrogens with one attached hydrogen (secondary N) is 1. The number of aliphatic hydroxyl groups is 1. The van der Waals surface area contributed by atoms with Crippen LogP contribution in [0.15, 0.2) is 41.8 Å². The average Bonchev–Trinajstić information content (AvgIpc) is 3.01. The lowest BCUT2D eigenvalue weighted by molar-refractivity contribution is -0.116. The molecule has 1 aromatic carbocycles. The smallest absolute Gasteiger partial charge is 0.224 e. The molecule has 22 heavy (non-hydrogen) atoms. The lowest BCUT2D eigenvalue weighted by Crippen LogP contribution is -2.21. The van der Waals surface area contributed by atoms with Gasteiger partial charge in [0.15, 0.2) is 0 Å². The molecule has 0 unspecified atom stereocenters. The molecule has 5 heteroatoms. The lowest BCUT2D eigenvalue weighted by atomic mass is 10.2. The molecule has 0 saturated carbocycles. The van der Waals surface area contributed by atoms with Gasteiger partial charge in [0, 0.05) is 36.3 Å². The summed E-state index contributed by atoms with van der Waals surface area (Å²) >= 11 is 1.73. The van der Waals surface area contributed by atoms with Crippen LogP contribution in [0.25, 0.3) is 0 Å². The first-order chi connectivity index (χ1) is 10.7. The fraction of sp³-hybridized carbons (Fsp3) is 0.353. The molecule has 0 radical (unpaired) electrons. The SMILES string of the molecule is CN(CCO)c1ccc(NC(=O)CCCc2cccs2)cc1. The van der Waals surface area contributed by atoms with Crippen LogP contribution >= 0.6 is 11.3 Å². The number of thiophene rings is 1. The van der Waals surface area contributed by atoms with Crippen LogP contribution in [0.1, 0.15) is 17.7 Å². The van der Waals surface area contributed by atoms with E-state index in [9.17, 15) is 4.79 Å². The molecule has 0 aliphatic rings. The highest BCUT2D eigenvalue weighted by Gasteiger charge is 2.04. The van der Waals surface area contributed by atoms with Crippen molar-refractivity contribution >= 4 is 28.6 Å². The zero-order valence-corrected chi connectivity index (χ0v) is 13.6. The Morgan fingerprint density at radius 3 is 2.68 bits per heavy atom. The molecular weight excluding hydrogens is 296 g/mol. The van der Waals surface area contributed by atoms with Gasteiger partial charge in [-0.3, -0.25) is 4.79 Å². The molecule has 1 amide bonds. The van der Waals surface area contributed by atoms with Crippen molar-refractivity contribution in [1.29, 1.82) is 0 Å². The van der Waals surface area contributed by atoms with E-state index < -0.39 is 0 Å². The number of hydrogen-bond donors (Lipinski definition) is 2. The minimum atomic E-state index is 0.0491. The Morgan fingerprint density at radius 2 is 2.05 bits per heavy atom. The number of hydrogen-bond acceptors (Lipinski definition) is 4. The van der Waals surface area contributed by atoms with Crippen LogP contribution in [0.5, 0.6) is 0 Å². The number of carbonyl (C=O) groups excluding carboxylic acids is 1. The molecule has 0 aliphatic heterocycles. The van der Waals surface area contributed by atoms with Crippen molar-refractivity contribution in [3.8, 4) is 0 Å². The third kappa shape index (κ3) is 5.16. The van der Waals surface area contributed by atoms with E-state index in [0.717, 1.165) is 24.2 Å². The van der Waals surface area contributed by atoms with Gasteiger partial charge in [0.2, 0.25) is 5.91 Å². The van der Waals surface area contributed by atoms with Crippen LogP contribution in [0.2, 0.25) is 0 Å². The number of carbonyl (C=O) groups is 1. The first kappa shape index (κ1) is 16.5. The fourth-order valence-corrected chi connectivity index (χ4v) is 2.93. The van der Waals surface area contributed by atoms with Gasteiger partial charge in [-0.05, 0) is 48.6 Å². The quantitative estimate of drug-likeness (QED) is 0.786. The van der Waals surface area contributed by atoms with Crippen LogP contribution in [0, 0.1) is 0 Å². The summed E-state index contributed by atoms with van der Waals surface area (Å²) in [6, 6.07) is 11.8. The summed E-state index contributed by atoms with van der Waals surface area (Å²) in [4.78, 5) is 15.2. The molecule has 4 nitrogen and oxygen atoms in total. The molecule has 0 spiro atoms. The van der Waals surface area contributed by atoms with Crippen molar-refractivity contribution in [3.63, 3.8) is 0 Å². The Morgan fingerprint density at radius 1 is 1.27 bits per heavy atom. The first-order valence-electron chi connectivity index (χ1n) is 7.43. The second-order valence-electron chi connectivity index (χ2n) is 5.17. The minimum absolute atomic E-state index is 0.0491. The van der Waals surface area contributed by atoms with E-state index in [1.165, 1.54) is 4.88 Å². The third-order valence-electron chi connectivity index (χ3n) is 3.43. The third-order valence-corrected chi connectivity index (χ3v) is 4.37. The van der Waals surface area contributed by atoms with Crippen molar-refractivity contribution < 1.29 is 9.90 Å². The second-order valence-corrected chi connectivity index (χ2v) is 6.21. The molecule has 0 aliphatic carbocycles. The maximum atomic E-state index is 11.9. The molecule has 1 aromatic heterocycles. The van der Waals surface area contributed by atoms with Gasteiger partial charge < -0.3 is 15.3 Å². The Hall–Kier alpha value is -1.85. The van der Waals surface area contributed by atoms with Crippen molar-refractivity contribution in [2.24, 2.45) is 0 Å². The molecule has 0 saturated heterocycles. The molecule has 0 atom stereocenters. The van der Waals surface area contributed by atoms with Crippen LogP contribution in [0.3, 0.4) is 0 Å². The monoisotopic (exact) mass is 318 g/mol. The predicted octanol–water partition coefficient (Wildman–Crippen LogP) is 3.14. The average molecular weight is 318 g/mol. The van der Waals surface area contributed by atoms with E-state index in [1.54, 1.807) is 11.3 Å². The summed E-state index contributed by atoms with van der Waals surface area (Å²) in [6.07, 6.45) is 2.35. The Labute approximate surface area is 135 Å². The topological polar surface area (TPSA) is 52.6 Å². The number of aliphatic hydroxyl groups excluding tert-OH is 1. The van der Waals surface area contributed by atoms with E-state index in [2.05, 4.69) is 16.8 Å². The van der Waals surface area contributed by atoms with Crippen molar-refractivity contribution in [2.45, 2.75) is 19.3 Å². The summed E-state index contributed by atoms with van der Waals surface area (Å²) < 4.78 is 0. The minimum Gasteiger partial charge on any atom is -0.395 e. The van der Waals surface area contributed by atoms with Gasteiger partial charge in [0.1, 0.15) is 0 Å². The highest BCUT2D eigenvalue weighted by Crippen LogP contribution is 2.17. The van der Waals surface area contributed by atoms with E-state index in [-0.39, 0.29) is 12.5 Å². The second kappa shape index (κ2) is 8.56. The summed E-state index contributed by atoms with van der Waals surface area (Å²) in [5.74, 6) is 0.0491. The molecule has 0 bridgehead atoms. The number of aryl methyl sites for hydroxylation is 1. The van der Waals surface area contributed by atoms with Crippen LogP contribution in [0.4, 0.5) is 11.4 Å². The molecule has 0 fully saturated rings. The number of anilines is 2.